The van der Waals surface area contributed by atoms with E-state index in [4.69, 9.17) is 9.47 Å². The number of nitrogens with zero attached hydrogens (tertiary/aromatic N) is 1. The van der Waals surface area contributed by atoms with Crippen LogP contribution in [0.1, 0.15) is 24.8 Å². The molecule has 0 aliphatic carbocycles. The summed E-state index contributed by atoms with van der Waals surface area (Å²) in [5, 5.41) is 2.98. The zero-order chi connectivity index (χ0) is 19.1. The fourth-order valence-electron chi connectivity index (χ4n) is 3.38. The fraction of sp³-hybridized carbons (Fsp3) is 0.409. The molecule has 5 nitrogen and oxygen atoms in total. The van der Waals surface area contributed by atoms with Gasteiger partial charge in [-0.15, -0.1) is 0 Å². The van der Waals surface area contributed by atoms with Crippen molar-refractivity contribution in [3.05, 3.63) is 54.1 Å². The second kappa shape index (κ2) is 9.42. The number of anilines is 2. The molecule has 0 unspecified atom stereocenters. The lowest BCUT2D eigenvalue weighted by atomic mass is 10.1. The van der Waals surface area contributed by atoms with E-state index in [-0.39, 0.29) is 5.91 Å². The molecule has 0 radical (unpaired) electrons. The van der Waals surface area contributed by atoms with Gasteiger partial charge in [-0.3, -0.25) is 4.79 Å². The smallest absolute Gasteiger partial charge is 0.224 e. The van der Waals surface area contributed by atoms with E-state index in [0.29, 0.717) is 18.9 Å². The van der Waals surface area contributed by atoms with Gasteiger partial charge in [0, 0.05) is 38.0 Å². The Morgan fingerprint density at radius 3 is 2.30 bits per heavy atom. The van der Waals surface area contributed by atoms with Gasteiger partial charge in [-0.1, -0.05) is 12.1 Å². The number of carbonyl (C=O) groups is 1. The first-order chi connectivity index (χ1) is 13.2. The van der Waals surface area contributed by atoms with Crippen LogP contribution in [0, 0.1) is 0 Å². The second-order valence-electron chi connectivity index (χ2n) is 6.87. The zero-order valence-corrected chi connectivity index (χ0v) is 16.1. The van der Waals surface area contributed by atoms with Gasteiger partial charge in [-0.25, -0.2) is 0 Å². The van der Waals surface area contributed by atoms with Crippen LogP contribution in [-0.2, 0) is 16.0 Å². The van der Waals surface area contributed by atoms with Gasteiger partial charge < -0.3 is 19.7 Å². The maximum absolute atomic E-state index is 12.2. The number of rotatable bonds is 7. The molecule has 0 spiro atoms. The third-order valence-corrected chi connectivity index (χ3v) is 5.09. The highest BCUT2D eigenvalue weighted by Gasteiger charge is 2.18. The van der Waals surface area contributed by atoms with Crippen LogP contribution < -0.4 is 15.0 Å². The molecule has 1 aliphatic heterocycles. The highest BCUT2D eigenvalue weighted by Crippen LogP contribution is 2.23. The summed E-state index contributed by atoms with van der Waals surface area (Å²) in [6, 6.07) is 15.9. The molecule has 1 amide bonds. The van der Waals surface area contributed by atoms with E-state index >= 15 is 0 Å². The Labute approximate surface area is 161 Å². The van der Waals surface area contributed by atoms with Gasteiger partial charge in [0.2, 0.25) is 5.91 Å². The number of aryl methyl sites for hydroxylation is 1. The van der Waals surface area contributed by atoms with Crippen LogP contribution in [-0.4, -0.2) is 39.3 Å². The number of carbonyl (C=O) groups excluding carboxylic acids is 1. The first-order valence-electron chi connectivity index (χ1n) is 9.48. The third-order valence-electron chi connectivity index (χ3n) is 5.09. The minimum absolute atomic E-state index is 0.0273. The van der Waals surface area contributed by atoms with E-state index in [9.17, 15) is 4.79 Å². The number of ether oxygens (including phenoxy) is 2. The van der Waals surface area contributed by atoms with Gasteiger partial charge in [-0.2, -0.15) is 0 Å². The van der Waals surface area contributed by atoms with Crippen LogP contribution in [0.5, 0.6) is 5.75 Å². The molecular weight excluding hydrogens is 340 g/mol. The Bertz CT molecular complexity index is 720. The number of piperidine rings is 1. The molecular formula is C22H28N2O3. The molecule has 2 aromatic carbocycles. The van der Waals surface area contributed by atoms with Crippen LogP contribution in [0.15, 0.2) is 48.5 Å². The Hall–Kier alpha value is -2.53. The lowest BCUT2D eigenvalue weighted by Gasteiger charge is -2.33. The number of hydrogen-bond donors (Lipinski definition) is 1. The monoisotopic (exact) mass is 368 g/mol. The molecule has 2 aromatic rings. The Morgan fingerprint density at radius 1 is 1.04 bits per heavy atom. The lowest BCUT2D eigenvalue weighted by molar-refractivity contribution is -0.116. The molecule has 3 rings (SSSR count). The SMILES string of the molecule is COc1ccc(CCC(=O)Nc2ccc(N3CCC(OC)CC3)cc2)cc1. The van der Waals surface area contributed by atoms with Gasteiger partial charge in [0.15, 0.2) is 0 Å². The predicted octanol–water partition coefficient (Wildman–Crippen LogP) is 3.88. The quantitative estimate of drug-likeness (QED) is 0.806. The van der Waals surface area contributed by atoms with E-state index in [1.165, 1.54) is 5.69 Å². The van der Waals surface area contributed by atoms with E-state index in [1.807, 2.05) is 36.4 Å². The van der Waals surface area contributed by atoms with Gasteiger partial charge in [0.05, 0.1) is 13.2 Å². The maximum Gasteiger partial charge on any atom is 0.224 e. The minimum Gasteiger partial charge on any atom is -0.497 e. The van der Waals surface area contributed by atoms with Crippen molar-refractivity contribution in [2.24, 2.45) is 0 Å². The summed E-state index contributed by atoms with van der Waals surface area (Å²) in [7, 11) is 3.43. The summed E-state index contributed by atoms with van der Waals surface area (Å²) < 4.78 is 10.6. The van der Waals surface area contributed by atoms with Gasteiger partial charge in [-0.05, 0) is 61.2 Å². The molecule has 0 saturated carbocycles. The average Bonchev–Trinajstić information content (AvgIpc) is 2.73. The lowest BCUT2D eigenvalue weighted by Crippen LogP contribution is -2.36. The highest BCUT2D eigenvalue weighted by molar-refractivity contribution is 5.91. The molecule has 1 aliphatic rings. The summed E-state index contributed by atoms with van der Waals surface area (Å²) in [5.74, 6) is 0.856. The molecule has 1 N–H and O–H groups in total. The fourth-order valence-corrected chi connectivity index (χ4v) is 3.38. The first-order valence-corrected chi connectivity index (χ1v) is 9.48. The Morgan fingerprint density at radius 2 is 1.70 bits per heavy atom. The standard InChI is InChI=1S/C22H28N2O3/c1-26-20-10-3-17(4-11-20)5-12-22(25)23-18-6-8-19(9-7-18)24-15-13-21(27-2)14-16-24/h3-4,6-11,21H,5,12-16H2,1-2H3,(H,23,25). The summed E-state index contributed by atoms with van der Waals surface area (Å²) in [5.41, 5.74) is 3.16. The number of benzene rings is 2. The van der Waals surface area contributed by atoms with Crippen molar-refractivity contribution >= 4 is 17.3 Å². The van der Waals surface area contributed by atoms with Crippen LogP contribution in [0.3, 0.4) is 0 Å². The van der Waals surface area contributed by atoms with Crippen molar-refractivity contribution < 1.29 is 14.3 Å². The molecule has 144 valence electrons. The average molecular weight is 368 g/mol. The Balaban J connectivity index is 1.46. The molecule has 0 bridgehead atoms. The van der Waals surface area contributed by atoms with E-state index in [1.54, 1.807) is 14.2 Å². The van der Waals surface area contributed by atoms with Crippen molar-refractivity contribution in [3.8, 4) is 5.75 Å². The van der Waals surface area contributed by atoms with Crippen molar-refractivity contribution in [2.45, 2.75) is 31.8 Å². The van der Waals surface area contributed by atoms with E-state index in [0.717, 1.165) is 42.9 Å². The molecule has 1 fully saturated rings. The van der Waals surface area contributed by atoms with E-state index < -0.39 is 0 Å². The third kappa shape index (κ3) is 5.47. The molecule has 1 heterocycles. The van der Waals surface area contributed by atoms with Crippen LogP contribution in [0.25, 0.3) is 0 Å². The van der Waals surface area contributed by atoms with Crippen molar-refractivity contribution in [3.63, 3.8) is 0 Å². The van der Waals surface area contributed by atoms with Gasteiger partial charge >= 0.3 is 0 Å². The summed E-state index contributed by atoms with van der Waals surface area (Å²) >= 11 is 0. The van der Waals surface area contributed by atoms with Gasteiger partial charge in [0.25, 0.3) is 0 Å². The topological polar surface area (TPSA) is 50.8 Å². The van der Waals surface area contributed by atoms with Crippen molar-refractivity contribution in [2.75, 3.05) is 37.5 Å². The number of amides is 1. The number of nitrogens with one attached hydrogen (secondary N) is 1. The minimum atomic E-state index is 0.0273. The van der Waals surface area contributed by atoms with Crippen LogP contribution >= 0.6 is 0 Å². The molecule has 1 saturated heterocycles. The summed E-state index contributed by atoms with van der Waals surface area (Å²) in [4.78, 5) is 14.6. The van der Waals surface area contributed by atoms with Crippen molar-refractivity contribution in [1.82, 2.24) is 0 Å². The number of hydrogen-bond acceptors (Lipinski definition) is 4. The highest BCUT2D eigenvalue weighted by atomic mass is 16.5. The van der Waals surface area contributed by atoms with Gasteiger partial charge in [0.1, 0.15) is 5.75 Å². The Kier molecular flexibility index (Phi) is 6.71. The van der Waals surface area contributed by atoms with Crippen LogP contribution in [0.4, 0.5) is 11.4 Å². The summed E-state index contributed by atoms with van der Waals surface area (Å²) in [6.07, 6.45) is 3.66. The van der Waals surface area contributed by atoms with E-state index in [2.05, 4.69) is 22.3 Å². The largest absolute Gasteiger partial charge is 0.497 e. The normalized spacial score (nSPS) is 14.8. The second-order valence-corrected chi connectivity index (χ2v) is 6.87. The van der Waals surface area contributed by atoms with Crippen molar-refractivity contribution in [1.29, 1.82) is 0 Å². The maximum atomic E-state index is 12.2. The molecule has 0 aromatic heterocycles. The first kappa shape index (κ1) is 19.2. The molecule has 27 heavy (non-hydrogen) atoms. The predicted molar refractivity (Wildman–Crippen MR) is 109 cm³/mol. The number of methoxy groups -OCH3 is 2. The van der Waals surface area contributed by atoms with Crippen LogP contribution in [0.2, 0.25) is 0 Å². The molecule has 5 heteroatoms. The summed E-state index contributed by atoms with van der Waals surface area (Å²) in [6.45, 7) is 2.01. The molecule has 0 atom stereocenters. The zero-order valence-electron chi connectivity index (χ0n) is 16.1.